The highest BCUT2D eigenvalue weighted by atomic mass is 32.2. The quantitative estimate of drug-likeness (QED) is 0.590. The molecule has 0 radical (unpaired) electrons. The first-order chi connectivity index (χ1) is 10.5. The van der Waals surface area contributed by atoms with Crippen LogP contribution >= 0.6 is 11.8 Å². The van der Waals surface area contributed by atoms with Crippen molar-refractivity contribution in [1.29, 1.82) is 0 Å². The molecule has 0 aliphatic rings. The first-order valence-electron chi connectivity index (χ1n) is 6.91. The van der Waals surface area contributed by atoms with Gasteiger partial charge in [0.25, 0.3) is 5.22 Å². The number of nitrogens with zero attached hydrogens (tertiary/aromatic N) is 2. The van der Waals surface area contributed by atoms with Crippen molar-refractivity contribution in [2.75, 3.05) is 12.4 Å². The number of carboxylic acid groups (broad SMARTS) is 1. The third kappa shape index (κ3) is 5.07. The molecule has 0 unspecified atom stereocenters. The van der Waals surface area contributed by atoms with E-state index >= 15 is 0 Å². The molecule has 6 nitrogen and oxygen atoms in total. The Bertz CT molecular complexity index is 642. The molecule has 1 N–H and O–H groups in total. The van der Waals surface area contributed by atoms with Gasteiger partial charge in [0.1, 0.15) is 11.5 Å². The van der Waals surface area contributed by atoms with Crippen molar-refractivity contribution < 1.29 is 19.1 Å². The van der Waals surface area contributed by atoms with E-state index in [4.69, 9.17) is 14.3 Å². The van der Waals surface area contributed by atoms with E-state index in [0.29, 0.717) is 18.9 Å². The molecular weight excluding hydrogens is 304 g/mol. The zero-order valence-electron chi connectivity index (χ0n) is 12.5. The number of carbonyl (C=O) groups is 1. The molecule has 0 bridgehead atoms. The van der Waals surface area contributed by atoms with Gasteiger partial charge >= 0.3 is 5.97 Å². The van der Waals surface area contributed by atoms with Crippen molar-refractivity contribution in [2.45, 2.75) is 31.9 Å². The topological polar surface area (TPSA) is 85.5 Å². The summed E-state index contributed by atoms with van der Waals surface area (Å²) in [4.78, 5) is 10.4. The summed E-state index contributed by atoms with van der Waals surface area (Å²) in [7, 11) is 0. The summed E-state index contributed by atoms with van der Waals surface area (Å²) in [6.45, 7) is 4.60. The Morgan fingerprint density at radius 1 is 1.36 bits per heavy atom. The summed E-state index contributed by atoms with van der Waals surface area (Å²) in [6.07, 6.45) is 1.35. The molecule has 0 saturated carbocycles. The standard InChI is InChI=1S/C15H18N2O4S/c1-10-5-6-11(2)12(8-10)20-7-3-4-13-16-17-15(21-13)22-9-14(18)19/h5-6,8H,3-4,7,9H2,1-2H3,(H,18,19). The fourth-order valence-electron chi connectivity index (χ4n) is 1.79. The van der Waals surface area contributed by atoms with Crippen LogP contribution in [0.1, 0.15) is 23.4 Å². The molecule has 1 heterocycles. The number of thioether (sulfide) groups is 1. The lowest BCUT2D eigenvalue weighted by Crippen LogP contribution is -2.01. The minimum atomic E-state index is -0.910. The third-order valence-corrected chi connectivity index (χ3v) is 3.71. The zero-order valence-corrected chi connectivity index (χ0v) is 13.4. The highest BCUT2D eigenvalue weighted by molar-refractivity contribution is 7.99. The lowest BCUT2D eigenvalue weighted by molar-refractivity contribution is -0.133. The number of ether oxygens (including phenoxy) is 1. The van der Waals surface area contributed by atoms with E-state index < -0.39 is 5.97 Å². The largest absolute Gasteiger partial charge is 0.493 e. The number of carboxylic acids is 1. The fraction of sp³-hybridized carbons (Fsp3) is 0.400. The van der Waals surface area contributed by atoms with Gasteiger partial charge in [-0.1, -0.05) is 23.9 Å². The van der Waals surface area contributed by atoms with E-state index in [9.17, 15) is 4.79 Å². The van der Waals surface area contributed by atoms with Crippen LogP contribution in [0.2, 0.25) is 0 Å². The minimum absolute atomic E-state index is 0.0859. The molecule has 1 aromatic heterocycles. The number of rotatable bonds is 8. The number of aliphatic carboxylic acids is 1. The predicted molar refractivity (Wildman–Crippen MR) is 82.4 cm³/mol. The van der Waals surface area contributed by atoms with Gasteiger partial charge in [0, 0.05) is 6.42 Å². The van der Waals surface area contributed by atoms with Gasteiger partial charge in [0.05, 0.1) is 6.61 Å². The lowest BCUT2D eigenvalue weighted by atomic mass is 10.1. The van der Waals surface area contributed by atoms with Crippen molar-refractivity contribution in [3.05, 3.63) is 35.2 Å². The van der Waals surface area contributed by atoms with E-state index in [-0.39, 0.29) is 11.0 Å². The molecule has 0 aliphatic heterocycles. The number of hydrogen-bond donors (Lipinski definition) is 1. The van der Waals surface area contributed by atoms with E-state index in [1.54, 1.807) is 0 Å². The molecule has 2 rings (SSSR count). The van der Waals surface area contributed by atoms with E-state index in [1.165, 1.54) is 0 Å². The SMILES string of the molecule is Cc1ccc(C)c(OCCCc2nnc(SCC(=O)O)o2)c1. The van der Waals surface area contributed by atoms with Gasteiger partial charge in [-0.05, 0) is 37.5 Å². The molecule has 1 aromatic carbocycles. The zero-order chi connectivity index (χ0) is 15.9. The first-order valence-corrected chi connectivity index (χ1v) is 7.90. The second-order valence-electron chi connectivity index (χ2n) is 4.87. The molecule has 118 valence electrons. The summed E-state index contributed by atoms with van der Waals surface area (Å²) < 4.78 is 11.1. The summed E-state index contributed by atoms with van der Waals surface area (Å²) in [6, 6.07) is 6.11. The average molecular weight is 322 g/mol. The average Bonchev–Trinajstić information content (AvgIpc) is 2.93. The van der Waals surface area contributed by atoms with Crippen LogP contribution in [0.5, 0.6) is 5.75 Å². The van der Waals surface area contributed by atoms with Gasteiger partial charge in [0.2, 0.25) is 5.89 Å². The molecule has 0 atom stereocenters. The Morgan fingerprint density at radius 2 is 2.18 bits per heavy atom. The van der Waals surface area contributed by atoms with E-state index in [2.05, 4.69) is 16.3 Å². The Morgan fingerprint density at radius 3 is 2.95 bits per heavy atom. The minimum Gasteiger partial charge on any atom is -0.493 e. The second kappa shape index (κ2) is 7.84. The van der Waals surface area contributed by atoms with Gasteiger partial charge in [-0.2, -0.15) is 0 Å². The van der Waals surface area contributed by atoms with Crippen molar-refractivity contribution in [3.8, 4) is 5.75 Å². The van der Waals surface area contributed by atoms with Crippen LogP contribution in [0.15, 0.2) is 27.8 Å². The highest BCUT2D eigenvalue weighted by Gasteiger charge is 2.09. The van der Waals surface area contributed by atoms with Gasteiger partial charge in [-0.25, -0.2) is 0 Å². The molecule has 2 aromatic rings. The van der Waals surface area contributed by atoms with Crippen molar-refractivity contribution in [2.24, 2.45) is 0 Å². The molecule has 0 amide bonds. The van der Waals surface area contributed by atoms with Crippen molar-refractivity contribution in [3.63, 3.8) is 0 Å². The Kier molecular flexibility index (Phi) is 5.83. The molecule has 0 aliphatic carbocycles. The van der Waals surface area contributed by atoms with Gasteiger partial charge in [-0.15, -0.1) is 10.2 Å². The smallest absolute Gasteiger partial charge is 0.314 e. The van der Waals surface area contributed by atoms with E-state index in [0.717, 1.165) is 35.1 Å². The van der Waals surface area contributed by atoms with E-state index in [1.807, 2.05) is 26.0 Å². The normalized spacial score (nSPS) is 10.6. The molecule has 22 heavy (non-hydrogen) atoms. The summed E-state index contributed by atoms with van der Waals surface area (Å²) in [5.41, 5.74) is 2.27. The maximum Gasteiger partial charge on any atom is 0.314 e. The van der Waals surface area contributed by atoms with Gasteiger partial charge in [0.15, 0.2) is 0 Å². The number of hydrogen-bond acceptors (Lipinski definition) is 6. The fourth-order valence-corrected chi connectivity index (χ4v) is 2.29. The van der Waals surface area contributed by atoms with Crippen molar-refractivity contribution >= 4 is 17.7 Å². The molecule has 0 fully saturated rings. The first kappa shape index (κ1) is 16.4. The van der Waals surface area contributed by atoms with Crippen LogP contribution in [0, 0.1) is 13.8 Å². The number of aromatic nitrogens is 2. The van der Waals surface area contributed by atoms with Crippen LogP contribution < -0.4 is 4.74 Å². The Balaban J connectivity index is 1.74. The number of benzene rings is 1. The summed E-state index contributed by atoms with van der Waals surface area (Å²) >= 11 is 1.02. The second-order valence-corrected chi connectivity index (χ2v) is 5.79. The van der Waals surface area contributed by atoms with Crippen LogP contribution in [-0.4, -0.2) is 33.6 Å². The maximum absolute atomic E-state index is 10.4. The van der Waals surface area contributed by atoms with Crippen molar-refractivity contribution in [1.82, 2.24) is 10.2 Å². The molecule has 0 saturated heterocycles. The summed E-state index contributed by atoms with van der Waals surface area (Å²) in [5, 5.41) is 16.5. The Hall–Kier alpha value is -2.02. The maximum atomic E-state index is 10.4. The molecule has 7 heteroatoms. The van der Waals surface area contributed by atoms with Gasteiger partial charge < -0.3 is 14.3 Å². The third-order valence-electron chi connectivity index (χ3n) is 2.90. The van der Waals surface area contributed by atoms with Crippen LogP contribution in [-0.2, 0) is 11.2 Å². The highest BCUT2D eigenvalue weighted by Crippen LogP contribution is 2.20. The number of aryl methyl sites for hydroxylation is 3. The predicted octanol–water partition coefficient (Wildman–Crippen LogP) is 2.87. The molecular formula is C15H18N2O4S. The van der Waals surface area contributed by atoms with Crippen LogP contribution in [0.3, 0.4) is 0 Å². The summed E-state index contributed by atoms with van der Waals surface area (Å²) in [5.74, 6) is 0.393. The Labute approximate surface area is 132 Å². The van der Waals surface area contributed by atoms with Gasteiger partial charge in [-0.3, -0.25) is 4.79 Å². The van der Waals surface area contributed by atoms with Crippen LogP contribution in [0.25, 0.3) is 0 Å². The molecule has 0 spiro atoms. The monoisotopic (exact) mass is 322 g/mol. The van der Waals surface area contributed by atoms with Crippen LogP contribution in [0.4, 0.5) is 0 Å². The lowest BCUT2D eigenvalue weighted by Gasteiger charge is -2.09.